The summed E-state index contributed by atoms with van der Waals surface area (Å²) in [4.78, 5) is 2.33. The number of anilines is 3. The van der Waals surface area contributed by atoms with Crippen LogP contribution in [0.2, 0.25) is 0 Å². The molecule has 0 unspecified atom stereocenters. The molecular formula is C48H33NO. The van der Waals surface area contributed by atoms with E-state index in [1.807, 2.05) is 6.07 Å². The third kappa shape index (κ3) is 5.53. The third-order valence-electron chi connectivity index (χ3n) is 9.49. The third-order valence-corrected chi connectivity index (χ3v) is 9.49. The largest absolute Gasteiger partial charge is 0.454 e. The minimum absolute atomic E-state index is 0.860. The zero-order valence-corrected chi connectivity index (χ0v) is 27.4. The molecule has 0 aliphatic carbocycles. The molecule has 1 aromatic heterocycles. The van der Waals surface area contributed by atoms with Gasteiger partial charge in [-0.05, 0) is 87.0 Å². The molecule has 0 fully saturated rings. The molecule has 8 aromatic carbocycles. The second-order valence-electron chi connectivity index (χ2n) is 12.6. The summed E-state index contributed by atoms with van der Waals surface area (Å²) in [5.41, 5.74) is 14.3. The maximum atomic E-state index is 6.69. The van der Waals surface area contributed by atoms with Crippen molar-refractivity contribution in [1.82, 2.24) is 0 Å². The van der Waals surface area contributed by atoms with Gasteiger partial charge in [0, 0.05) is 22.1 Å². The molecule has 0 saturated heterocycles. The molecule has 0 bridgehead atoms. The quantitative estimate of drug-likeness (QED) is 0.173. The van der Waals surface area contributed by atoms with E-state index in [9.17, 15) is 0 Å². The van der Waals surface area contributed by atoms with Crippen molar-refractivity contribution in [2.24, 2.45) is 0 Å². The van der Waals surface area contributed by atoms with Gasteiger partial charge in [0.2, 0.25) is 0 Å². The fourth-order valence-corrected chi connectivity index (χ4v) is 6.92. The summed E-state index contributed by atoms with van der Waals surface area (Å²) in [6.45, 7) is 0. The van der Waals surface area contributed by atoms with Crippen molar-refractivity contribution in [3.63, 3.8) is 0 Å². The highest BCUT2D eigenvalue weighted by Crippen LogP contribution is 2.45. The lowest BCUT2D eigenvalue weighted by molar-refractivity contribution is 0.669. The van der Waals surface area contributed by atoms with Crippen LogP contribution in [0.5, 0.6) is 0 Å². The summed E-state index contributed by atoms with van der Waals surface area (Å²) in [5, 5.41) is 2.20. The molecule has 0 saturated carbocycles. The molecular weight excluding hydrogens is 607 g/mol. The first-order valence-electron chi connectivity index (χ1n) is 17.0. The van der Waals surface area contributed by atoms with Gasteiger partial charge in [-0.15, -0.1) is 0 Å². The van der Waals surface area contributed by atoms with Crippen molar-refractivity contribution >= 4 is 39.0 Å². The average molecular weight is 640 g/mol. The van der Waals surface area contributed by atoms with Gasteiger partial charge in [0.05, 0.1) is 5.69 Å². The Bertz CT molecular complexity index is 2530. The first-order chi connectivity index (χ1) is 24.8. The molecule has 236 valence electrons. The molecule has 2 nitrogen and oxygen atoms in total. The fourth-order valence-electron chi connectivity index (χ4n) is 6.92. The molecule has 0 aliphatic heterocycles. The van der Waals surface area contributed by atoms with E-state index >= 15 is 0 Å². The van der Waals surface area contributed by atoms with Gasteiger partial charge >= 0.3 is 0 Å². The van der Waals surface area contributed by atoms with E-state index < -0.39 is 0 Å². The first-order valence-corrected chi connectivity index (χ1v) is 17.0. The van der Waals surface area contributed by atoms with Gasteiger partial charge in [-0.3, -0.25) is 0 Å². The van der Waals surface area contributed by atoms with E-state index in [-0.39, 0.29) is 0 Å². The molecule has 2 heteroatoms. The van der Waals surface area contributed by atoms with Crippen LogP contribution in [0.3, 0.4) is 0 Å². The Labute approximate surface area is 292 Å². The van der Waals surface area contributed by atoms with Gasteiger partial charge in [-0.2, -0.15) is 0 Å². The van der Waals surface area contributed by atoms with E-state index in [4.69, 9.17) is 4.42 Å². The minimum atomic E-state index is 0.860. The molecule has 0 aliphatic rings. The maximum Gasteiger partial charge on any atom is 0.159 e. The first kappa shape index (κ1) is 29.5. The second kappa shape index (κ2) is 12.8. The Morgan fingerprint density at radius 3 is 1.16 bits per heavy atom. The summed E-state index contributed by atoms with van der Waals surface area (Å²) in [5.74, 6) is 0. The van der Waals surface area contributed by atoms with Crippen LogP contribution in [-0.4, -0.2) is 0 Å². The number of benzene rings is 8. The molecule has 0 amide bonds. The Kier molecular flexibility index (Phi) is 7.53. The molecule has 9 rings (SSSR count). The van der Waals surface area contributed by atoms with E-state index in [1.54, 1.807) is 0 Å². The van der Waals surface area contributed by atoms with Crippen molar-refractivity contribution in [3.05, 3.63) is 200 Å². The summed E-state index contributed by atoms with van der Waals surface area (Å²) >= 11 is 0. The lowest BCUT2D eigenvalue weighted by Crippen LogP contribution is -2.10. The van der Waals surface area contributed by atoms with Crippen LogP contribution in [0.25, 0.3) is 66.4 Å². The predicted molar refractivity (Wildman–Crippen MR) is 210 cm³/mol. The molecule has 1 heterocycles. The minimum Gasteiger partial charge on any atom is -0.454 e. The summed E-state index contributed by atoms with van der Waals surface area (Å²) in [7, 11) is 0. The van der Waals surface area contributed by atoms with Crippen LogP contribution in [-0.2, 0) is 0 Å². The normalized spacial score (nSPS) is 11.2. The van der Waals surface area contributed by atoms with Gasteiger partial charge in [0.15, 0.2) is 5.58 Å². The number of para-hydroxylation sites is 1. The maximum absolute atomic E-state index is 6.69. The summed E-state index contributed by atoms with van der Waals surface area (Å²) in [6.07, 6.45) is 0. The number of hydrogen-bond donors (Lipinski definition) is 0. The molecule has 0 atom stereocenters. The number of furan rings is 1. The lowest BCUT2D eigenvalue weighted by Gasteiger charge is -2.26. The SMILES string of the molecule is c1ccc(-c2ccc(-c3ccc(N(c4ccc(-c5ccccc5)cc4)c4cc(-c5ccccc5)cc5c4oc4ccccc45)cc3)cc2)cc1. The second-order valence-corrected chi connectivity index (χ2v) is 12.6. The predicted octanol–water partition coefficient (Wildman–Crippen LogP) is 13.7. The highest BCUT2D eigenvalue weighted by Gasteiger charge is 2.21. The van der Waals surface area contributed by atoms with Crippen molar-refractivity contribution in [2.75, 3.05) is 4.90 Å². The van der Waals surface area contributed by atoms with Crippen LogP contribution in [0.15, 0.2) is 205 Å². The van der Waals surface area contributed by atoms with Crippen molar-refractivity contribution in [1.29, 1.82) is 0 Å². The zero-order valence-electron chi connectivity index (χ0n) is 27.4. The number of nitrogens with zero attached hydrogens (tertiary/aromatic N) is 1. The van der Waals surface area contributed by atoms with Gasteiger partial charge in [0.25, 0.3) is 0 Å². The van der Waals surface area contributed by atoms with E-state index in [0.29, 0.717) is 0 Å². The van der Waals surface area contributed by atoms with Crippen molar-refractivity contribution in [3.8, 4) is 44.5 Å². The molecule has 50 heavy (non-hydrogen) atoms. The average Bonchev–Trinajstić information content (AvgIpc) is 3.59. The van der Waals surface area contributed by atoms with Crippen LogP contribution in [0, 0.1) is 0 Å². The van der Waals surface area contributed by atoms with Crippen molar-refractivity contribution < 1.29 is 4.42 Å². The van der Waals surface area contributed by atoms with E-state index in [0.717, 1.165) is 50.1 Å². The Hall–Kier alpha value is -6.64. The topological polar surface area (TPSA) is 16.4 Å². The zero-order chi connectivity index (χ0) is 33.3. The monoisotopic (exact) mass is 639 g/mol. The molecule has 0 radical (unpaired) electrons. The molecule has 0 N–H and O–H groups in total. The number of fused-ring (bicyclic) bond motifs is 3. The number of rotatable bonds is 7. The molecule has 0 spiro atoms. The van der Waals surface area contributed by atoms with Crippen molar-refractivity contribution in [2.45, 2.75) is 0 Å². The van der Waals surface area contributed by atoms with Crippen LogP contribution in [0.4, 0.5) is 17.1 Å². The van der Waals surface area contributed by atoms with Gasteiger partial charge in [-0.1, -0.05) is 158 Å². The van der Waals surface area contributed by atoms with Gasteiger partial charge in [-0.25, -0.2) is 0 Å². The van der Waals surface area contributed by atoms with Crippen LogP contribution < -0.4 is 4.90 Å². The Morgan fingerprint density at radius 2 is 0.680 bits per heavy atom. The van der Waals surface area contributed by atoms with Crippen LogP contribution in [0.1, 0.15) is 0 Å². The van der Waals surface area contributed by atoms with Crippen LogP contribution >= 0.6 is 0 Å². The summed E-state index contributed by atoms with van der Waals surface area (Å²) in [6, 6.07) is 71.0. The lowest BCUT2D eigenvalue weighted by atomic mass is 9.99. The highest BCUT2D eigenvalue weighted by molar-refractivity contribution is 6.12. The summed E-state index contributed by atoms with van der Waals surface area (Å²) < 4.78 is 6.69. The molecule has 9 aromatic rings. The Morgan fingerprint density at radius 1 is 0.300 bits per heavy atom. The Balaban J connectivity index is 1.19. The van der Waals surface area contributed by atoms with E-state index in [1.165, 1.54) is 33.4 Å². The smallest absolute Gasteiger partial charge is 0.159 e. The standard InChI is InChI=1S/C48H33NO/c1-4-12-34(13-5-1)37-20-22-38(23-21-37)40-26-30-43(31-27-40)49(42-28-24-39(25-29-42)35-14-6-2-7-15-35)46-33-41(36-16-8-3-9-17-36)32-45-44-18-10-11-19-47(44)50-48(45)46/h1-33H. The highest BCUT2D eigenvalue weighted by atomic mass is 16.3. The van der Waals surface area contributed by atoms with E-state index in [2.05, 4.69) is 199 Å². The number of hydrogen-bond acceptors (Lipinski definition) is 2. The fraction of sp³-hybridized carbons (Fsp3) is 0. The van der Waals surface area contributed by atoms with Gasteiger partial charge < -0.3 is 9.32 Å². The van der Waals surface area contributed by atoms with Gasteiger partial charge in [0.1, 0.15) is 5.58 Å².